The van der Waals surface area contributed by atoms with Gasteiger partial charge in [-0.25, -0.2) is 14.2 Å². The number of nitrogens with zero attached hydrogens (tertiary/aromatic N) is 2. The maximum atomic E-state index is 14.7. The molecule has 2 aromatic heterocycles. The monoisotopic (exact) mass is 543 g/mol. The van der Waals surface area contributed by atoms with Crippen LogP contribution in [0.2, 0.25) is 0 Å². The lowest BCUT2D eigenvalue weighted by Crippen LogP contribution is -2.26. The Labute approximate surface area is 233 Å². The van der Waals surface area contributed by atoms with Gasteiger partial charge in [-0.1, -0.05) is 66.7 Å². The second-order valence-electron chi connectivity index (χ2n) is 9.53. The highest BCUT2D eigenvalue weighted by Gasteiger charge is 2.22. The third kappa shape index (κ3) is 4.94. The Bertz CT molecular complexity index is 1980. The largest absolute Gasteiger partial charge is 0.478 e. The molecular weight excluding hydrogens is 521 g/mol. The number of carbonyl (C=O) groups is 3. The van der Waals surface area contributed by atoms with Gasteiger partial charge in [-0.15, -0.1) is 0 Å². The maximum Gasteiger partial charge on any atom is 0.335 e. The predicted molar refractivity (Wildman–Crippen MR) is 153 cm³/mol. The summed E-state index contributed by atoms with van der Waals surface area (Å²) in [5, 5.41) is 13.8. The molecule has 0 atom stereocenters. The van der Waals surface area contributed by atoms with E-state index in [2.05, 4.69) is 10.3 Å². The molecule has 0 aliphatic carbocycles. The Kier molecular flexibility index (Phi) is 6.57. The van der Waals surface area contributed by atoms with Crippen LogP contribution in [-0.2, 0) is 6.54 Å². The number of carboxylic acid groups (broad SMARTS) is 1. The lowest BCUT2D eigenvalue weighted by atomic mass is 10.0. The van der Waals surface area contributed by atoms with Crippen LogP contribution in [0.3, 0.4) is 0 Å². The number of aromatic carboxylic acids is 1. The standard InChI is InChI=1S/C33H22FN3O4/c34-28-8-4-3-7-27(28)25-16-26-19-35-31(30(38)24-14-13-21-5-1-2-6-23(21)15-24)37(26)29(17-25)32(39)36-18-20-9-11-22(12-10-20)33(40)41/h1-17,19H,18H2,(H,36,39)(H,40,41). The fourth-order valence-electron chi connectivity index (χ4n) is 4.81. The highest BCUT2D eigenvalue weighted by Crippen LogP contribution is 2.27. The second kappa shape index (κ2) is 10.5. The summed E-state index contributed by atoms with van der Waals surface area (Å²) in [7, 11) is 0. The van der Waals surface area contributed by atoms with Crippen molar-refractivity contribution in [2.75, 3.05) is 0 Å². The first kappa shape index (κ1) is 25.6. The number of amides is 1. The van der Waals surface area contributed by atoms with Crippen molar-refractivity contribution in [2.45, 2.75) is 6.54 Å². The van der Waals surface area contributed by atoms with E-state index in [9.17, 15) is 18.8 Å². The Morgan fingerprint density at radius 2 is 1.51 bits per heavy atom. The first-order valence-corrected chi connectivity index (χ1v) is 12.8. The van der Waals surface area contributed by atoms with Crippen LogP contribution in [0.25, 0.3) is 27.4 Å². The van der Waals surface area contributed by atoms with Crippen molar-refractivity contribution < 1.29 is 23.9 Å². The summed E-state index contributed by atoms with van der Waals surface area (Å²) >= 11 is 0. The fraction of sp³-hybridized carbons (Fsp3) is 0.0303. The minimum atomic E-state index is -1.04. The number of fused-ring (bicyclic) bond motifs is 2. The van der Waals surface area contributed by atoms with Crippen LogP contribution in [-0.4, -0.2) is 32.2 Å². The average molecular weight is 544 g/mol. The van der Waals surface area contributed by atoms with Gasteiger partial charge >= 0.3 is 5.97 Å². The van der Waals surface area contributed by atoms with E-state index in [4.69, 9.17) is 5.11 Å². The second-order valence-corrected chi connectivity index (χ2v) is 9.53. The zero-order valence-electron chi connectivity index (χ0n) is 21.5. The number of imidazole rings is 1. The van der Waals surface area contributed by atoms with E-state index in [0.717, 1.165) is 10.8 Å². The van der Waals surface area contributed by atoms with Gasteiger partial charge in [-0.3, -0.25) is 14.0 Å². The van der Waals surface area contributed by atoms with Crippen molar-refractivity contribution >= 4 is 33.9 Å². The molecule has 4 aromatic carbocycles. The summed E-state index contributed by atoms with van der Waals surface area (Å²) in [6.45, 7) is 0.104. The normalized spacial score (nSPS) is 11.0. The number of hydrogen-bond donors (Lipinski definition) is 2. The molecule has 0 bridgehead atoms. The molecule has 200 valence electrons. The Hall–Kier alpha value is -5.63. The number of rotatable bonds is 7. The minimum Gasteiger partial charge on any atom is -0.478 e. The van der Waals surface area contributed by atoms with E-state index in [1.54, 1.807) is 48.5 Å². The summed E-state index contributed by atoms with van der Waals surface area (Å²) in [6.07, 6.45) is 1.49. The Balaban J connectivity index is 1.42. The smallest absolute Gasteiger partial charge is 0.335 e. The van der Waals surface area contributed by atoms with E-state index >= 15 is 0 Å². The lowest BCUT2D eigenvalue weighted by Gasteiger charge is -2.13. The first-order valence-electron chi connectivity index (χ1n) is 12.8. The quantitative estimate of drug-likeness (QED) is 0.235. The van der Waals surface area contributed by atoms with Gasteiger partial charge in [-0.05, 0) is 58.3 Å². The van der Waals surface area contributed by atoms with Gasteiger partial charge < -0.3 is 10.4 Å². The lowest BCUT2D eigenvalue weighted by molar-refractivity contribution is 0.0696. The third-order valence-electron chi connectivity index (χ3n) is 6.91. The topological polar surface area (TPSA) is 101 Å². The molecule has 2 heterocycles. The maximum absolute atomic E-state index is 14.7. The minimum absolute atomic E-state index is 0.0475. The number of halogens is 1. The number of carboxylic acids is 1. The summed E-state index contributed by atoms with van der Waals surface area (Å²) in [5.41, 5.74) is 2.54. The van der Waals surface area contributed by atoms with E-state index in [1.807, 2.05) is 30.3 Å². The molecule has 7 nitrogen and oxygen atoms in total. The van der Waals surface area contributed by atoms with Gasteiger partial charge in [0.15, 0.2) is 5.82 Å². The van der Waals surface area contributed by atoms with Gasteiger partial charge in [0.05, 0.1) is 17.3 Å². The SMILES string of the molecule is O=C(O)c1ccc(CNC(=O)c2cc(-c3ccccc3F)cc3cnc(C(=O)c4ccc5ccccc5c4)n23)cc1. The molecule has 0 aliphatic heterocycles. The van der Waals surface area contributed by atoms with Crippen molar-refractivity contribution in [1.82, 2.24) is 14.7 Å². The van der Waals surface area contributed by atoms with Gasteiger partial charge in [0.1, 0.15) is 11.5 Å². The molecule has 0 aliphatic rings. The Morgan fingerprint density at radius 3 is 2.27 bits per heavy atom. The molecule has 0 saturated heterocycles. The number of benzene rings is 4. The molecule has 0 saturated carbocycles. The molecular formula is C33H22FN3O4. The molecule has 8 heteroatoms. The molecule has 0 spiro atoms. The van der Waals surface area contributed by atoms with Gasteiger partial charge in [0.2, 0.25) is 5.78 Å². The number of ketones is 1. The first-order chi connectivity index (χ1) is 19.9. The van der Waals surface area contributed by atoms with Crippen molar-refractivity contribution in [3.63, 3.8) is 0 Å². The van der Waals surface area contributed by atoms with Crippen molar-refractivity contribution in [1.29, 1.82) is 0 Å². The van der Waals surface area contributed by atoms with Crippen LogP contribution in [0.15, 0.2) is 109 Å². The number of hydrogen-bond acceptors (Lipinski definition) is 4. The van der Waals surface area contributed by atoms with E-state index < -0.39 is 17.7 Å². The fourth-order valence-corrected chi connectivity index (χ4v) is 4.81. The number of carbonyl (C=O) groups excluding carboxylic acids is 2. The molecule has 6 rings (SSSR count). The van der Waals surface area contributed by atoms with Crippen molar-refractivity contribution in [3.05, 3.63) is 143 Å². The van der Waals surface area contributed by atoms with E-state index in [-0.39, 0.29) is 29.4 Å². The van der Waals surface area contributed by atoms with Gasteiger partial charge in [-0.2, -0.15) is 0 Å². The van der Waals surface area contributed by atoms with Crippen LogP contribution in [0, 0.1) is 5.82 Å². The molecule has 1 amide bonds. The molecule has 0 unspecified atom stereocenters. The highest BCUT2D eigenvalue weighted by molar-refractivity contribution is 6.10. The molecule has 6 aromatic rings. The predicted octanol–water partition coefficient (Wildman–Crippen LogP) is 6.15. The van der Waals surface area contributed by atoms with E-state index in [0.29, 0.717) is 27.8 Å². The van der Waals surface area contributed by atoms with E-state index in [1.165, 1.54) is 34.9 Å². The number of aromatic nitrogens is 2. The van der Waals surface area contributed by atoms with Crippen LogP contribution >= 0.6 is 0 Å². The van der Waals surface area contributed by atoms with Crippen molar-refractivity contribution in [3.8, 4) is 11.1 Å². The highest BCUT2D eigenvalue weighted by atomic mass is 19.1. The van der Waals surface area contributed by atoms with Crippen LogP contribution < -0.4 is 5.32 Å². The zero-order chi connectivity index (χ0) is 28.5. The van der Waals surface area contributed by atoms with Gasteiger partial charge in [0, 0.05) is 17.7 Å². The average Bonchev–Trinajstić information content (AvgIpc) is 3.43. The molecule has 2 N–H and O–H groups in total. The molecule has 0 radical (unpaired) electrons. The molecule has 0 fully saturated rings. The van der Waals surface area contributed by atoms with Crippen LogP contribution in [0.5, 0.6) is 0 Å². The number of nitrogens with one attached hydrogen (secondary N) is 1. The zero-order valence-corrected chi connectivity index (χ0v) is 21.5. The summed E-state index contributed by atoms with van der Waals surface area (Å²) in [5.74, 6) is -2.33. The van der Waals surface area contributed by atoms with Crippen molar-refractivity contribution in [2.24, 2.45) is 0 Å². The summed E-state index contributed by atoms with van der Waals surface area (Å²) in [4.78, 5) is 42.8. The summed E-state index contributed by atoms with van der Waals surface area (Å²) in [6, 6.07) is 28.6. The Morgan fingerprint density at radius 1 is 0.805 bits per heavy atom. The van der Waals surface area contributed by atoms with Gasteiger partial charge in [0.25, 0.3) is 5.91 Å². The van der Waals surface area contributed by atoms with Crippen LogP contribution in [0.4, 0.5) is 4.39 Å². The summed E-state index contributed by atoms with van der Waals surface area (Å²) < 4.78 is 16.2. The number of pyridine rings is 1. The molecule has 41 heavy (non-hydrogen) atoms. The third-order valence-corrected chi connectivity index (χ3v) is 6.91. The van der Waals surface area contributed by atoms with Crippen LogP contribution in [0.1, 0.15) is 42.6 Å².